The summed E-state index contributed by atoms with van der Waals surface area (Å²) in [6, 6.07) is 12.7. The summed E-state index contributed by atoms with van der Waals surface area (Å²) in [6.45, 7) is 0.657. The van der Waals surface area contributed by atoms with Crippen LogP contribution in [-0.4, -0.2) is 0 Å². The zero-order chi connectivity index (χ0) is 13.2. The Morgan fingerprint density at radius 2 is 2.00 bits per heavy atom. The van der Waals surface area contributed by atoms with Crippen molar-refractivity contribution in [1.29, 1.82) is 0 Å². The minimum atomic E-state index is -0.329. The quantitative estimate of drug-likeness (QED) is 0.690. The average Bonchev–Trinajstić information content (AvgIpc) is 2.78. The number of fused-ring (bicyclic) bond motifs is 1. The molecule has 3 rings (SSSR count). The molecule has 0 aliphatic rings. The Morgan fingerprint density at radius 3 is 2.84 bits per heavy atom. The van der Waals surface area contributed by atoms with Crippen LogP contribution in [0.4, 0.5) is 10.1 Å². The van der Waals surface area contributed by atoms with Crippen LogP contribution in [0.2, 0.25) is 5.02 Å². The average molecular weight is 292 g/mol. The molecule has 0 saturated heterocycles. The van der Waals surface area contributed by atoms with Crippen molar-refractivity contribution in [2.24, 2.45) is 0 Å². The largest absolute Gasteiger partial charge is 0.381 e. The molecule has 0 unspecified atom stereocenters. The van der Waals surface area contributed by atoms with Crippen LogP contribution in [0.15, 0.2) is 47.8 Å². The van der Waals surface area contributed by atoms with E-state index in [0.29, 0.717) is 17.3 Å². The van der Waals surface area contributed by atoms with Gasteiger partial charge in [-0.25, -0.2) is 4.39 Å². The first-order chi connectivity index (χ1) is 9.22. The van der Waals surface area contributed by atoms with Crippen molar-refractivity contribution in [2.75, 3.05) is 5.32 Å². The molecule has 1 nitrogen and oxygen atoms in total. The standard InChI is InChI=1S/C15H11ClFNS/c16-11-5-12(17)7-13(6-11)18-8-10-9-19-15-4-2-1-3-14(10)15/h1-7,9,18H,8H2. The van der Waals surface area contributed by atoms with Gasteiger partial charge < -0.3 is 5.32 Å². The number of hydrogen-bond acceptors (Lipinski definition) is 2. The van der Waals surface area contributed by atoms with Crippen molar-refractivity contribution in [1.82, 2.24) is 0 Å². The molecule has 0 bridgehead atoms. The Labute approximate surface area is 119 Å². The van der Waals surface area contributed by atoms with Gasteiger partial charge in [-0.15, -0.1) is 11.3 Å². The lowest BCUT2D eigenvalue weighted by molar-refractivity contribution is 0.628. The van der Waals surface area contributed by atoms with Crippen molar-refractivity contribution in [3.8, 4) is 0 Å². The van der Waals surface area contributed by atoms with Crippen LogP contribution in [0.25, 0.3) is 10.1 Å². The molecular weight excluding hydrogens is 281 g/mol. The van der Waals surface area contributed by atoms with E-state index in [1.165, 1.54) is 27.8 Å². The Bertz CT molecular complexity index is 703. The molecule has 0 radical (unpaired) electrons. The molecular formula is C15H11ClFNS. The van der Waals surface area contributed by atoms with Crippen LogP contribution in [0.5, 0.6) is 0 Å². The molecule has 1 aromatic heterocycles. The van der Waals surface area contributed by atoms with Gasteiger partial charge >= 0.3 is 0 Å². The Hall–Kier alpha value is -1.58. The minimum absolute atomic E-state index is 0.329. The Kier molecular flexibility index (Phi) is 3.40. The zero-order valence-corrected chi connectivity index (χ0v) is 11.6. The van der Waals surface area contributed by atoms with Crippen LogP contribution >= 0.6 is 22.9 Å². The third-order valence-corrected chi connectivity index (χ3v) is 4.14. The van der Waals surface area contributed by atoms with Crippen molar-refractivity contribution in [3.63, 3.8) is 0 Å². The summed E-state index contributed by atoms with van der Waals surface area (Å²) in [6.07, 6.45) is 0. The lowest BCUT2D eigenvalue weighted by atomic mass is 10.2. The van der Waals surface area contributed by atoms with E-state index in [4.69, 9.17) is 11.6 Å². The van der Waals surface area contributed by atoms with E-state index >= 15 is 0 Å². The molecule has 0 fully saturated rings. The highest BCUT2D eigenvalue weighted by Gasteiger charge is 2.04. The van der Waals surface area contributed by atoms with Gasteiger partial charge in [0.05, 0.1) is 0 Å². The van der Waals surface area contributed by atoms with Gasteiger partial charge in [-0.1, -0.05) is 29.8 Å². The van der Waals surface area contributed by atoms with Crippen LogP contribution < -0.4 is 5.32 Å². The van der Waals surface area contributed by atoms with Crippen molar-refractivity contribution < 1.29 is 4.39 Å². The second-order valence-corrected chi connectivity index (χ2v) is 5.62. The normalized spacial score (nSPS) is 10.8. The molecule has 0 amide bonds. The molecule has 2 aromatic carbocycles. The summed E-state index contributed by atoms with van der Waals surface area (Å²) in [4.78, 5) is 0. The smallest absolute Gasteiger partial charge is 0.126 e. The summed E-state index contributed by atoms with van der Waals surface area (Å²) in [7, 11) is 0. The van der Waals surface area contributed by atoms with Gasteiger partial charge in [0.15, 0.2) is 0 Å². The van der Waals surface area contributed by atoms with Crippen molar-refractivity contribution in [3.05, 3.63) is 64.2 Å². The maximum Gasteiger partial charge on any atom is 0.126 e. The summed E-state index contributed by atoms with van der Waals surface area (Å²) in [5.74, 6) is -0.329. The van der Waals surface area contributed by atoms with Crippen LogP contribution in [0.3, 0.4) is 0 Å². The summed E-state index contributed by atoms with van der Waals surface area (Å²) in [5, 5.41) is 6.97. The Balaban J connectivity index is 1.82. The molecule has 3 aromatic rings. The lowest BCUT2D eigenvalue weighted by Gasteiger charge is -2.06. The molecule has 0 aliphatic carbocycles. The second kappa shape index (κ2) is 5.19. The molecule has 96 valence electrons. The van der Waals surface area contributed by atoms with E-state index < -0.39 is 0 Å². The molecule has 19 heavy (non-hydrogen) atoms. The van der Waals surface area contributed by atoms with E-state index in [2.05, 4.69) is 22.8 Å². The van der Waals surface area contributed by atoms with Gasteiger partial charge in [0.2, 0.25) is 0 Å². The predicted molar refractivity (Wildman–Crippen MR) is 80.6 cm³/mol. The number of halogens is 2. The fourth-order valence-corrected chi connectivity index (χ4v) is 3.21. The summed E-state index contributed by atoms with van der Waals surface area (Å²) >= 11 is 7.54. The fourth-order valence-electron chi connectivity index (χ4n) is 2.02. The van der Waals surface area contributed by atoms with E-state index in [0.717, 1.165) is 0 Å². The van der Waals surface area contributed by atoms with Crippen LogP contribution in [0.1, 0.15) is 5.56 Å². The molecule has 0 saturated carbocycles. The van der Waals surface area contributed by atoms with E-state index in [1.807, 2.05) is 12.1 Å². The first-order valence-corrected chi connectivity index (χ1v) is 7.13. The highest BCUT2D eigenvalue weighted by Crippen LogP contribution is 2.26. The minimum Gasteiger partial charge on any atom is -0.381 e. The van der Waals surface area contributed by atoms with Gasteiger partial charge in [0.25, 0.3) is 0 Å². The van der Waals surface area contributed by atoms with Gasteiger partial charge in [-0.05, 0) is 40.6 Å². The molecule has 1 N–H and O–H groups in total. The predicted octanol–water partition coefficient (Wildman–Crippen LogP) is 5.31. The van der Waals surface area contributed by atoms with E-state index in [9.17, 15) is 4.39 Å². The molecule has 0 spiro atoms. The third-order valence-electron chi connectivity index (χ3n) is 2.91. The Morgan fingerprint density at radius 1 is 1.16 bits per heavy atom. The highest BCUT2D eigenvalue weighted by atomic mass is 35.5. The molecule has 0 aliphatic heterocycles. The van der Waals surface area contributed by atoms with Crippen LogP contribution in [-0.2, 0) is 6.54 Å². The lowest BCUT2D eigenvalue weighted by Crippen LogP contribution is -1.98. The number of rotatable bonds is 3. The van der Waals surface area contributed by atoms with Gasteiger partial charge in [-0.2, -0.15) is 0 Å². The van der Waals surface area contributed by atoms with Crippen LogP contribution in [0, 0.1) is 5.82 Å². The summed E-state index contributed by atoms with van der Waals surface area (Å²) < 4.78 is 14.5. The number of anilines is 1. The maximum absolute atomic E-state index is 13.2. The van der Waals surface area contributed by atoms with E-state index in [1.54, 1.807) is 17.4 Å². The number of hydrogen-bond donors (Lipinski definition) is 1. The topological polar surface area (TPSA) is 12.0 Å². The highest BCUT2D eigenvalue weighted by molar-refractivity contribution is 7.17. The first-order valence-electron chi connectivity index (χ1n) is 5.87. The maximum atomic E-state index is 13.2. The monoisotopic (exact) mass is 291 g/mol. The SMILES string of the molecule is Fc1cc(Cl)cc(NCc2csc3ccccc23)c1. The van der Waals surface area contributed by atoms with Crippen molar-refractivity contribution >= 4 is 38.7 Å². The molecule has 4 heteroatoms. The molecule has 1 heterocycles. The van der Waals surface area contributed by atoms with Crippen molar-refractivity contribution in [2.45, 2.75) is 6.54 Å². The summed E-state index contributed by atoms with van der Waals surface area (Å²) in [5.41, 5.74) is 1.90. The third kappa shape index (κ3) is 2.72. The number of nitrogens with one attached hydrogen (secondary N) is 1. The van der Waals surface area contributed by atoms with Gasteiger partial charge in [-0.3, -0.25) is 0 Å². The fraction of sp³-hybridized carbons (Fsp3) is 0.0667. The van der Waals surface area contributed by atoms with E-state index in [-0.39, 0.29) is 5.82 Å². The molecule has 0 atom stereocenters. The van der Waals surface area contributed by atoms with Gasteiger partial charge in [0.1, 0.15) is 5.82 Å². The zero-order valence-electron chi connectivity index (χ0n) is 9.99. The van der Waals surface area contributed by atoms with Gasteiger partial charge in [0, 0.05) is 22.0 Å². The number of thiophene rings is 1. The second-order valence-electron chi connectivity index (χ2n) is 4.27. The first kappa shape index (κ1) is 12.5. The number of benzene rings is 2.